The van der Waals surface area contributed by atoms with Gasteiger partial charge in [0, 0.05) is 31.1 Å². The van der Waals surface area contributed by atoms with E-state index < -0.39 is 17.3 Å². The number of likely N-dealkylation sites (tertiary alicyclic amines) is 1. The molecular formula is C22H20FN3O3. The van der Waals surface area contributed by atoms with E-state index in [1.165, 1.54) is 23.7 Å². The average Bonchev–Trinajstić information content (AvgIpc) is 3.13. The SMILES string of the molecule is CNC(=O)c1c(CN2CCCC2=O)n(-c2ccccc2)c(=O)c2c(F)cccc12. The number of halogens is 1. The number of pyridine rings is 1. The summed E-state index contributed by atoms with van der Waals surface area (Å²) in [4.78, 5) is 40.1. The van der Waals surface area contributed by atoms with Gasteiger partial charge < -0.3 is 10.2 Å². The summed E-state index contributed by atoms with van der Waals surface area (Å²) in [6.07, 6.45) is 1.17. The molecule has 1 saturated heterocycles. The molecule has 0 bridgehead atoms. The molecule has 2 aromatic carbocycles. The fourth-order valence-electron chi connectivity index (χ4n) is 3.88. The number of nitrogens with one attached hydrogen (secondary N) is 1. The number of amides is 2. The number of hydrogen-bond donors (Lipinski definition) is 1. The van der Waals surface area contributed by atoms with Gasteiger partial charge in [-0.1, -0.05) is 30.3 Å². The third kappa shape index (κ3) is 3.18. The molecule has 1 N–H and O–H groups in total. The molecule has 29 heavy (non-hydrogen) atoms. The number of hydrogen-bond acceptors (Lipinski definition) is 3. The Morgan fingerprint density at radius 1 is 1.10 bits per heavy atom. The summed E-state index contributed by atoms with van der Waals surface area (Å²) in [7, 11) is 1.48. The molecule has 0 aliphatic carbocycles. The molecule has 0 unspecified atom stereocenters. The van der Waals surface area contributed by atoms with Crippen LogP contribution < -0.4 is 10.9 Å². The van der Waals surface area contributed by atoms with Gasteiger partial charge in [-0.3, -0.25) is 19.0 Å². The Hall–Kier alpha value is -3.48. The van der Waals surface area contributed by atoms with Crippen LogP contribution in [-0.2, 0) is 11.3 Å². The summed E-state index contributed by atoms with van der Waals surface area (Å²) < 4.78 is 16.0. The molecule has 6 nitrogen and oxygen atoms in total. The smallest absolute Gasteiger partial charge is 0.266 e. The van der Waals surface area contributed by atoms with E-state index in [9.17, 15) is 18.8 Å². The zero-order chi connectivity index (χ0) is 20.5. The van der Waals surface area contributed by atoms with Gasteiger partial charge in [-0.2, -0.15) is 0 Å². The molecule has 148 valence electrons. The van der Waals surface area contributed by atoms with Gasteiger partial charge in [0.05, 0.1) is 23.2 Å². The number of rotatable bonds is 4. The molecule has 1 aromatic heterocycles. The third-order valence-electron chi connectivity index (χ3n) is 5.24. The minimum absolute atomic E-state index is 0.0285. The van der Waals surface area contributed by atoms with Crippen LogP contribution in [0.15, 0.2) is 53.3 Å². The highest BCUT2D eigenvalue weighted by Crippen LogP contribution is 2.26. The maximum absolute atomic E-state index is 14.7. The molecule has 1 fully saturated rings. The van der Waals surface area contributed by atoms with Crippen LogP contribution in [0.25, 0.3) is 16.5 Å². The maximum Gasteiger partial charge on any atom is 0.266 e. The largest absolute Gasteiger partial charge is 0.355 e. The lowest BCUT2D eigenvalue weighted by Crippen LogP contribution is -2.34. The van der Waals surface area contributed by atoms with Gasteiger partial charge in [0.25, 0.3) is 11.5 Å². The standard InChI is InChI=1S/C22H20FN3O3/c1-24-21(28)20-15-9-5-10-16(23)19(15)22(29)26(14-7-3-2-4-8-14)17(20)13-25-12-6-11-18(25)27/h2-5,7-10H,6,11-13H2,1H3,(H,24,28). The lowest BCUT2D eigenvalue weighted by Gasteiger charge is -2.23. The van der Waals surface area contributed by atoms with Gasteiger partial charge in [0.15, 0.2) is 0 Å². The summed E-state index contributed by atoms with van der Waals surface area (Å²) >= 11 is 0. The monoisotopic (exact) mass is 393 g/mol. The van der Waals surface area contributed by atoms with Crippen LogP contribution in [0.1, 0.15) is 28.9 Å². The van der Waals surface area contributed by atoms with Crippen LogP contribution in [0, 0.1) is 5.82 Å². The van der Waals surface area contributed by atoms with Crippen LogP contribution in [0.4, 0.5) is 4.39 Å². The second-order valence-corrected chi connectivity index (χ2v) is 6.96. The first-order valence-corrected chi connectivity index (χ1v) is 9.44. The van der Waals surface area contributed by atoms with Crippen molar-refractivity contribution in [2.24, 2.45) is 0 Å². The van der Waals surface area contributed by atoms with Crippen LogP contribution in [0.5, 0.6) is 0 Å². The van der Waals surface area contributed by atoms with Gasteiger partial charge in [-0.25, -0.2) is 4.39 Å². The van der Waals surface area contributed by atoms with Crippen LogP contribution in [0.3, 0.4) is 0 Å². The Balaban J connectivity index is 2.12. The van der Waals surface area contributed by atoms with Crippen molar-refractivity contribution in [1.82, 2.24) is 14.8 Å². The second-order valence-electron chi connectivity index (χ2n) is 6.96. The van der Waals surface area contributed by atoms with Crippen molar-refractivity contribution in [2.45, 2.75) is 19.4 Å². The summed E-state index contributed by atoms with van der Waals surface area (Å²) in [5.74, 6) is -1.16. The van der Waals surface area contributed by atoms with Crippen molar-refractivity contribution in [3.05, 3.63) is 76.0 Å². The Morgan fingerprint density at radius 3 is 2.52 bits per heavy atom. The van der Waals surface area contributed by atoms with Crippen LogP contribution >= 0.6 is 0 Å². The zero-order valence-corrected chi connectivity index (χ0v) is 15.9. The molecule has 4 rings (SSSR count). The molecule has 0 saturated carbocycles. The van der Waals surface area contributed by atoms with Crippen LogP contribution in [0.2, 0.25) is 0 Å². The predicted molar refractivity (Wildman–Crippen MR) is 108 cm³/mol. The number of para-hydroxylation sites is 1. The Bertz CT molecular complexity index is 1170. The van der Waals surface area contributed by atoms with E-state index in [0.29, 0.717) is 24.3 Å². The highest BCUT2D eigenvalue weighted by atomic mass is 19.1. The van der Waals surface area contributed by atoms with Gasteiger partial charge >= 0.3 is 0 Å². The van der Waals surface area contributed by atoms with E-state index in [2.05, 4.69) is 5.32 Å². The van der Waals surface area contributed by atoms with E-state index in [0.717, 1.165) is 6.42 Å². The number of carbonyl (C=O) groups excluding carboxylic acids is 2. The number of benzene rings is 2. The van der Waals surface area contributed by atoms with Gasteiger partial charge in [0.2, 0.25) is 5.91 Å². The van der Waals surface area contributed by atoms with Crippen molar-refractivity contribution in [1.29, 1.82) is 0 Å². The third-order valence-corrected chi connectivity index (χ3v) is 5.24. The first-order chi connectivity index (χ1) is 14.0. The number of fused-ring (bicyclic) bond motifs is 1. The van der Waals surface area contributed by atoms with E-state index in [-0.39, 0.29) is 28.8 Å². The second kappa shape index (κ2) is 7.50. The first kappa shape index (κ1) is 18.9. The summed E-state index contributed by atoms with van der Waals surface area (Å²) in [5, 5.41) is 2.68. The van der Waals surface area contributed by atoms with Crippen molar-refractivity contribution < 1.29 is 14.0 Å². The quantitative estimate of drug-likeness (QED) is 0.741. The van der Waals surface area contributed by atoms with Crippen LogP contribution in [-0.4, -0.2) is 34.9 Å². The minimum atomic E-state index is -0.689. The predicted octanol–water partition coefficient (Wildman–Crippen LogP) is 2.61. The molecule has 0 radical (unpaired) electrons. The number of aromatic nitrogens is 1. The highest BCUT2D eigenvalue weighted by molar-refractivity contribution is 6.08. The molecule has 1 aliphatic heterocycles. The van der Waals surface area contributed by atoms with E-state index in [4.69, 9.17) is 0 Å². The summed E-state index contributed by atoms with van der Waals surface area (Å²) in [6, 6.07) is 13.0. The molecule has 0 atom stereocenters. The maximum atomic E-state index is 14.7. The zero-order valence-electron chi connectivity index (χ0n) is 15.9. The molecular weight excluding hydrogens is 373 g/mol. The average molecular weight is 393 g/mol. The van der Waals surface area contributed by atoms with Crippen molar-refractivity contribution in [3.63, 3.8) is 0 Å². The number of nitrogens with zero attached hydrogens (tertiary/aromatic N) is 2. The summed E-state index contributed by atoms with van der Waals surface area (Å²) in [6.45, 7) is 0.647. The Labute approximate surface area is 166 Å². The Morgan fingerprint density at radius 2 is 1.86 bits per heavy atom. The topological polar surface area (TPSA) is 71.4 Å². The van der Waals surface area contributed by atoms with Crippen molar-refractivity contribution >= 4 is 22.6 Å². The molecule has 2 amide bonds. The highest BCUT2D eigenvalue weighted by Gasteiger charge is 2.28. The van der Waals surface area contributed by atoms with E-state index >= 15 is 0 Å². The molecule has 2 heterocycles. The fraction of sp³-hybridized carbons (Fsp3) is 0.227. The van der Waals surface area contributed by atoms with Gasteiger partial charge in [-0.15, -0.1) is 0 Å². The van der Waals surface area contributed by atoms with E-state index in [1.54, 1.807) is 41.3 Å². The van der Waals surface area contributed by atoms with Crippen molar-refractivity contribution in [3.8, 4) is 5.69 Å². The number of carbonyl (C=O) groups is 2. The molecule has 0 spiro atoms. The normalized spacial score (nSPS) is 13.9. The van der Waals surface area contributed by atoms with Crippen molar-refractivity contribution in [2.75, 3.05) is 13.6 Å². The Kier molecular flexibility index (Phi) is 4.88. The van der Waals surface area contributed by atoms with Gasteiger partial charge in [-0.05, 0) is 24.6 Å². The summed E-state index contributed by atoms with van der Waals surface area (Å²) in [5.41, 5.74) is 0.520. The minimum Gasteiger partial charge on any atom is -0.355 e. The first-order valence-electron chi connectivity index (χ1n) is 9.44. The molecule has 3 aromatic rings. The van der Waals surface area contributed by atoms with Gasteiger partial charge in [0.1, 0.15) is 5.82 Å². The lowest BCUT2D eigenvalue weighted by molar-refractivity contribution is -0.128. The molecule has 1 aliphatic rings. The lowest BCUT2D eigenvalue weighted by atomic mass is 10.0. The molecule has 7 heteroatoms. The fourth-order valence-corrected chi connectivity index (χ4v) is 3.88. The van der Waals surface area contributed by atoms with E-state index in [1.807, 2.05) is 0 Å².